The van der Waals surface area contributed by atoms with E-state index >= 15 is 0 Å². The minimum atomic E-state index is 0.743. The van der Waals surface area contributed by atoms with Crippen LogP contribution in [0.1, 0.15) is 45.7 Å². The number of H-pyrrole nitrogens is 1. The summed E-state index contributed by atoms with van der Waals surface area (Å²) in [5.74, 6) is 0.743. The van der Waals surface area contributed by atoms with Gasteiger partial charge in [-0.2, -0.15) is 5.10 Å². The molecule has 2 aromatic heterocycles. The fraction of sp³-hybridized carbons (Fsp3) is 0.643. The number of aryl methyl sites for hydroxylation is 1. The predicted octanol–water partition coefficient (Wildman–Crippen LogP) is 2.05. The van der Waals surface area contributed by atoms with Crippen LogP contribution in [0.3, 0.4) is 0 Å². The molecule has 2 aromatic rings. The monoisotopic (exact) mass is 289 g/mol. The SMILES string of the molecule is Cc1nnc(CN2CCc3[nH]nc(C4CC4)c3CC2)s1. The highest BCUT2D eigenvalue weighted by Gasteiger charge is 2.31. The number of hydrogen-bond acceptors (Lipinski definition) is 5. The first-order chi connectivity index (χ1) is 9.79. The Morgan fingerprint density at radius 3 is 2.85 bits per heavy atom. The molecule has 1 aliphatic carbocycles. The number of fused-ring (bicyclic) bond motifs is 1. The van der Waals surface area contributed by atoms with E-state index in [-0.39, 0.29) is 0 Å². The highest BCUT2D eigenvalue weighted by atomic mass is 32.1. The third kappa shape index (κ3) is 2.38. The van der Waals surface area contributed by atoms with Gasteiger partial charge in [-0.3, -0.25) is 10.00 Å². The van der Waals surface area contributed by atoms with Gasteiger partial charge in [0, 0.05) is 31.1 Å². The van der Waals surface area contributed by atoms with Gasteiger partial charge in [0.25, 0.3) is 0 Å². The summed E-state index contributed by atoms with van der Waals surface area (Å²) < 4.78 is 0. The lowest BCUT2D eigenvalue weighted by Gasteiger charge is -2.17. The van der Waals surface area contributed by atoms with Crippen molar-refractivity contribution < 1.29 is 0 Å². The van der Waals surface area contributed by atoms with Crippen LogP contribution in [0.2, 0.25) is 0 Å². The first-order valence-electron chi connectivity index (χ1n) is 7.37. The van der Waals surface area contributed by atoms with E-state index in [2.05, 4.69) is 25.3 Å². The molecule has 20 heavy (non-hydrogen) atoms. The zero-order chi connectivity index (χ0) is 13.5. The van der Waals surface area contributed by atoms with Crippen molar-refractivity contribution in [2.24, 2.45) is 0 Å². The molecule has 0 amide bonds. The third-order valence-electron chi connectivity index (χ3n) is 4.23. The fourth-order valence-corrected chi connectivity index (χ4v) is 3.75. The minimum Gasteiger partial charge on any atom is -0.296 e. The number of rotatable bonds is 3. The number of nitrogens with zero attached hydrogens (tertiary/aromatic N) is 4. The van der Waals surface area contributed by atoms with Crippen LogP contribution in [-0.4, -0.2) is 38.4 Å². The highest BCUT2D eigenvalue weighted by Crippen LogP contribution is 2.41. The molecule has 0 atom stereocenters. The van der Waals surface area contributed by atoms with Crippen LogP contribution in [0.4, 0.5) is 0 Å². The number of nitrogens with one attached hydrogen (secondary N) is 1. The zero-order valence-corrected chi connectivity index (χ0v) is 12.5. The van der Waals surface area contributed by atoms with Crippen molar-refractivity contribution in [2.45, 2.75) is 45.1 Å². The largest absolute Gasteiger partial charge is 0.296 e. The Morgan fingerprint density at radius 2 is 2.10 bits per heavy atom. The van der Waals surface area contributed by atoms with E-state index in [1.807, 2.05) is 6.92 Å². The number of aromatic nitrogens is 4. The lowest BCUT2D eigenvalue weighted by molar-refractivity contribution is 0.277. The van der Waals surface area contributed by atoms with Crippen LogP contribution in [0.25, 0.3) is 0 Å². The summed E-state index contributed by atoms with van der Waals surface area (Å²) in [6.07, 6.45) is 4.85. The van der Waals surface area contributed by atoms with Gasteiger partial charge in [0.1, 0.15) is 10.0 Å². The summed E-state index contributed by atoms with van der Waals surface area (Å²) in [7, 11) is 0. The molecule has 106 valence electrons. The van der Waals surface area contributed by atoms with Crippen molar-refractivity contribution in [1.29, 1.82) is 0 Å². The second-order valence-electron chi connectivity index (χ2n) is 5.83. The Balaban J connectivity index is 1.46. The van der Waals surface area contributed by atoms with Gasteiger partial charge in [-0.25, -0.2) is 0 Å². The maximum absolute atomic E-state index is 4.55. The van der Waals surface area contributed by atoms with Crippen LogP contribution in [0.5, 0.6) is 0 Å². The van der Waals surface area contributed by atoms with Gasteiger partial charge in [0.2, 0.25) is 0 Å². The lowest BCUT2D eigenvalue weighted by Crippen LogP contribution is -2.26. The molecule has 6 heteroatoms. The normalized spacial score (nSPS) is 19.9. The molecule has 0 radical (unpaired) electrons. The van der Waals surface area contributed by atoms with E-state index in [0.29, 0.717) is 0 Å². The molecule has 1 aliphatic heterocycles. The van der Waals surface area contributed by atoms with Gasteiger partial charge in [-0.15, -0.1) is 21.5 Å². The predicted molar refractivity (Wildman–Crippen MR) is 77.9 cm³/mol. The maximum Gasteiger partial charge on any atom is 0.131 e. The van der Waals surface area contributed by atoms with Crippen LogP contribution >= 0.6 is 11.3 Å². The van der Waals surface area contributed by atoms with Crippen molar-refractivity contribution >= 4 is 11.3 Å². The van der Waals surface area contributed by atoms with Crippen LogP contribution in [0.15, 0.2) is 0 Å². The first-order valence-corrected chi connectivity index (χ1v) is 8.18. The quantitative estimate of drug-likeness (QED) is 0.939. The van der Waals surface area contributed by atoms with Crippen LogP contribution in [-0.2, 0) is 19.4 Å². The molecular formula is C14H19N5S. The molecule has 3 heterocycles. The summed E-state index contributed by atoms with van der Waals surface area (Å²) in [6.45, 7) is 5.13. The van der Waals surface area contributed by atoms with Gasteiger partial charge < -0.3 is 0 Å². The van der Waals surface area contributed by atoms with E-state index in [9.17, 15) is 0 Å². The average molecular weight is 289 g/mol. The molecule has 1 N–H and O–H groups in total. The standard InChI is InChI=1S/C14H19N5S/c1-9-15-17-13(20-9)8-19-6-4-11-12(5-7-19)16-18-14(11)10-2-3-10/h10H,2-8H2,1H3,(H,16,18). The molecule has 2 aliphatic rings. The van der Waals surface area contributed by atoms with Gasteiger partial charge in [0.15, 0.2) is 0 Å². The second kappa shape index (κ2) is 4.93. The summed E-state index contributed by atoms with van der Waals surface area (Å²) in [6, 6.07) is 0. The van der Waals surface area contributed by atoms with E-state index in [1.165, 1.54) is 29.8 Å². The van der Waals surface area contributed by atoms with Crippen LogP contribution < -0.4 is 0 Å². The van der Waals surface area contributed by atoms with E-state index in [0.717, 1.165) is 48.4 Å². The zero-order valence-electron chi connectivity index (χ0n) is 11.7. The van der Waals surface area contributed by atoms with Crippen molar-refractivity contribution in [3.05, 3.63) is 27.0 Å². The Labute approximate surface area is 122 Å². The van der Waals surface area contributed by atoms with Crippen molar-refractivity contribution in [3.63, 3.8) is 0 Å². The molecule has 5 nitrogen and oxygen atoms in total. The van der Waals surface area contributed by atoms with E-state index in [1.54, 1.807) is 11.3 Å². The van der Waals surface area contributed by atoms with Gasteiger partial charge in [-0.1, -0.05) is 0 Å². The highest BCUT2D eigenvalue weighted by molar-refractivity contribution is 7.11. The number of hydrogen-bond donors (Lipinski definition) is 1. The average Bonchev–Trinajstić information content (AvgIpc) is 3.13. The molecule has 0 aromatic carbocycles. The first kappa shape index (κ1) is 12.5. The molecule has 0 unspecified atom stereocenters. The third-order valence-corrected chi connectivity index (χ3v) is 5.06. The molecule has 1 saturated carbocycles. The lowest BCUT2D eigenvalue weighted by atomic mass is 10.1. The molecule has 0 saturated heterocycles. The molecule has 0 spiro atoms. The van der Waals surface area contributed by atoms with E-state index < -0.39 is 0 Å². The molecule has 4 rings (SSSR count). The van der Waals surface area contributed by atoms with E-state index in [4.69, 9.17) is 0 Å². The Bertz CT molecular complexity index is 613. The smallest absolute Gasteiger partial charge is 0.131 e. The van der Waals surface area contributed by atoms with Gasteiger partial charge in [-0.05, 0) is 31.7 Å². The summed E-state index contributed by atoms with van der Waals surface area (Å²) in [5.41, 5.74) is 4.22. The fourth-order valence-electron chi connectivity index (χ4n) is 3.00. The van der Waals surface area contributed by atoms with Gasteiger partial charge >= 0.3 is 0 Å². The Morgan fingerprint density at radius 1 is 1.25 bits per heavy atom. The Hall–Kier alpha value is -1.27. The van der Waals surface area contributed by atoms with Gasteiger partial charge in [0.05, 0.1) is 12.2 Å². The maximum atomic E-state index is 4.55. The van der Waals surface area contributed by atoms with Crippen molar-refractivity contribution in [1.82, 2.24) is 25.3 Å². The number of aromatic amines is 1. The topological polar surface area (TPSA) is 57.7 Å². The second-order valence-corrected chi connectivity index (χ2v) is 7.10. The minimum absolute atomic E-state index is 0.743. The van der Waals surface area contributed by atoms with Crippen molar-refractivity contribution in [3.8, 4) is 0 Å². The molecule has 0 bridgehead atoms. The Kier molecular flexibility index (Phi) is 3.07. The van der Waals surface area contributed by atoms with Crippen LogP contribution in [0, 0.1) is 6.92 Å². The van der Waals surface area contributed by atoms with Crippen molar-refractivity contribution in [2.75, 3.05) is 13.1 Å². The summed E-state index contributed by atoms with van der Waals surface area (Å²) >= 11 is 1.71. The summed E-state index contributed by atoms with van der Waals surface area (Å²) in [4.78, 5) is 2.49. The molecular weight excluding hydrogens is 270 g/mol. The molecule has 1 fully saturated rings. The summed E-state index contributed by atoms with van der Waals surface area (Å²) in [5, 5.41) is 18.4.